The van der Waals surface area contributed by atoms with Crippen molar-refractivity contribution in [3.05, 3.63) is 83.2 Å². The van der Waals surface area contributed by atoms with E-state index in [1.165, 1.54) is 24.9 Å². The summed E-state index contributed by atoms with van der Waals surface area (Å²) >= 11 is 0. The van der Waals surface area contributed by atoms with E-state index in [1.807, 2.05) is 31.2 Å². The number of carbonyl (C=O) groups excluding carboxylic acids is 2. The summed E-state index contributed by atoms with van der Waals surface area (Å²) in [6, 6.07) is 16.1. The van der Waals surface area contributed by atoms with Crippen LogP contribution in [-0.2, 0) is 11.3 Å². The number of ether oxygens (including phenoxy) is 1. The van der Waals surface area contributed by atoms with Crippen LogP contribution in [0.4, 0.5) is 11.6 Å². The number of methoxy groups -OCH3 is 1. The third kappa shape index (κ3) is 4.91. The topological polar surface area (TPSA) is 93.2 Å². The molecule has 0 unspecified atom stereocenters. The number of hydrogen-bond donors (Lipinski definition) is 2. The van der Waals surface area contributed by atoms with Crippen molar-refractivity contribution in [3.8, 4) is 0 Å². The summed E-state index contributed by atoms with van der Waals surface area (Å²) < 4.78 is 4.69. The van der Waals surface area contributed by atoms with Crippen LogP contribution in [0, 0.1) is 6.92 Å². The predicted molar refractivity (Wildman–Crippen MR) is 106 cm³/mol. The van der Waals surface area contributed by atoms with Crippen molar-refractivity contribution in [3.63, 3.8) is 0 Å². The van der Waals surface area contributed by atoms with Crippen LogP contribution in [0.25, 0.3) is 0 Å². The molecule has 0 radical (unpaired) electrons. The Morgan fingerprint density at radius 3 is 2.61 bits per heavy atom. The van der Waals surface area contributed by atoms with Gasteiger partial charge in [-0.15, -0.1) is 0 Å². The number of hydrogen-bond acceptors (Lipinski definition) is 6. The van der Waals surface area contributed by atoms with Crippen LogP contribution in [0.3, 0.4) is 0 Å². The number of benzene rings is 2. The highest BCUT2D eigenvalue weighted by molar-refractivity contribution is 6.03. The summed E-state index contributed by atoms with van der Waals surface area (Å²) in [5, 5.41) is 5.83. The van der Waals surface area contributed by atoms with Crippen LogP contribution in [0.1, 0.15) is 32.0 Å². The average Bonchev–Trinajstić information content (AvgIpc) is 2.73. The van der Waals surface area contributed by atoms with Crippen LogP contribution < -0.4 is 10.6 Å². The van der Waals surface area contributed by atoms with Crippen LogP contribution in [0.2, 0.25) is 0 Å². The van der Waals surface area contributed by atoms with Crippen molar-refractivity contribution in [2.45, 2.75) is 13.5 Å². The Kier molecular flexibility index (Phi) is 5.96. The fraction of sp³-hybridized carbons (Fsp3) is 0.143. The lowest BCUT2D eigenvalue weighted by Crippen LogP contribution is -2.15. The lowest BCUT2D eigenvalue weighted by atomic mass is 10.1. The molecular formula is C21H20N4O3. The number of carbonyl (C=O) groups is 2. The van der Waals surface area contributed by atoms with E-state index < -0.39 is 11.9 Å². The van der Waals surface area contributed by atoms with E-state index in [2.05, 4.69) is 25.3 Å². The molecule has 1 amide bonds. The van der Waals surface area contributed by atoms with Gasteiger partial charge < -0.3 is 15.4 Å². The van der Waals surface area contributed by atoms with Gasteiger partial charge in [-0.05, 0) is 36.8 Å². The molecule has 0 saturated heterocycles. The molecule has 3 aromatic rings. The van der Waals surface area contributed by atoms with Gasteiger partial charge in [0.15, 0.2) is 0 Å². The average molecular weight is 376 g/mol. The predicted octanol–water partition coefficient (Wildman–Crippen LogP) is 3.44. The molecule has 1 heterocycles. The zero-order chi connectivity index (χ0) is 19.9. The van der Waals surface area contributed by atoms with Crippen molar-refractivity contribution in [2.75, 3.05) is 17.7 Å². The molecule has 2 aromatic carbocycles. The van der Waals surface area contributed by atoms with Gasteiger partial charge in [-0.1, -0.05) is 35.9 Å². The molecule has 3 rings (SSSR count). The van der Waals surface area contributed by atoms with Crippen molar-refractivity contribution in [1.82, 2.24) is 9.97 Å². The van der Waals surface area contributed by atoms with E-state index in [9.17, 15) is 9.59 Å². The summed E-state index contributed by atoms with van der Waals surface area (Å²) in [5.74, 6) is -0.514. The molecule has 0 aliphatic rings. The van der Waals surface area contributed by atoms with Crippen molar-refractivity contribution in [1.29, 1.82) is 0 Å². The van der Waals surface area contributed by atoms with E-state index in [4.69, 9.17) is 0 Å². The second-order valence-corrected chi connectivity index (χ2v) is 6.13. The maximum absolute atomic E-state index is 12.5. The van der Waals surface area contributed by atoms with Gasteiger partial charge in [0, 0.05) is 18.4 Å². The van der Waals surface area contributed by atoms with E-state index in [0.29, 0.717) is 23.7 Å². The Bertz CT molecular complexity index is 987. The Morgan fingerprint density at radius 2 is 1.86 bits per heavy atom. The lowest BCUT2D eigenvalue weighted by molar-refractivity contribution is 0.0600. The van der Waals surface area contributed by atoms with Crippen molar-refractivity contribution < 1.29 is 14.3 Å². The molecule has 7 heteroatoms. The normalized spacial score (nSPS) is 10.2. The number of rotatable bonds is 6. The number of aromatic nitrogens is 2. The minimum absolute atomic E-state index is 0.213. The molecular weight excluding hydrogens is 356 g/mol. The molecule has 0 spiro atoms. The van der Waals surface area contributed by atoms with Crippen LogP contribution in [-0.4, -0.2) is 29.0 Å². The SMILES string of the molecule is COC(=O)c1cccc(NC(=O)c2ccnc(NCc3ccc(C)cc3)n2)c1. The molecule has 142 valence electrons. The van der Waals surface area contributed by atoms with Gasteiger partial charge in [0.2, 0.25) is 5.95 Å². The number of esters is 1. The quantitative estimate of drug-likeness (QED) is 0.640. The Balaban J connectivity index is 1.66. The first-order chi connectivity index (χ1) is 13.5. The van der Waals surface area contributed by atoms with Gasteiger partial charge in [-0.2, -0.15) is 0 Å². The van der Waals surface area contributed by atoms with E-state index in [-0.39, 0.29) is 5.69 Å². The Hall–Kier alpha value is -3.74. The van der Waals surface area contributed by atoms with Crippen molar-refractivity contribution >= 4 is 23.5 Å². The highest BCUT2D eigenvalue weighted by Crippen LogP contribution is 2.13. The first kappa shape index (κ1) is 19.0. The summed E-state index contributed by atoms with van der Waals surface area (Å²) in [5.41, 5.74) is 3.31. The first-order valence-electron chi connectivity index (χ1n) is 8.67. The molecule has 2 N–H and O–H groups in total. The van der Waals surface area contributed by atoms with Gasteiger partial charge in [-0.25, -0.2) is 14.8 Å². The fourth-order valence-corrected chi connectivity index (χ4v) is 2.49. The van der Waals surface area contributed by atoms with E-state index in [0.717, 1.165) is 5.56 Å². The second kappa shape index (κ2) is 8.77. The molecule has 7 nitrogen and oxygen atoms in total. The molecule has 0 atom stereocenters. The minimum atomic E-state index is -0.472. The standard InChI is InChI=1S/C21H20N4O3/c1-14-6-8-15(9-7-14)13-23-21-22-11-10-18(25-21)19(26)24-17-5-3-4-16(12-17)20(27)28-2/h3-12H,13H2,1-2H3,(H,24,26)(H,22,23,25). The second-order valence-electron chi connectivity index (χ2n) is 6.13. The fourth-order valence-electron chi connectivity index (χ4n) is 2.49. The number of amides is 1. The monoisotopic (exact) mass is 376 g/mol. The Labute approximate surface area is 162 Å². The highest BCUT2D eigenvalue weighted by atomic mass is 16.5. The summed E-state index contributed by atoms with van der Waals surface area (Å²) in [6.45, 7) is 2.58. The summed E-state index contributed by atoms with van der Waals surface area (Å²) in [4.78, 5) is 32.5. The summed E-state index contributed by atoms with van der Waals surface area (Å²) in [7, 11) is 1.31. The van der Waals surface area contributed by atoms with Gasteiger partial charge in [-0.3, -0.25) is 4.79 Å². The molecule has 1 aromatic heterocycles. The Morgan fingerprint density at radius 1 is 1.07 bits per heavy atom. The number of anilines is 2. The number of nitrogens with one attached hydrogen (secondary N) is 2. The van der Waals surface area contributed by atoms with E-state index >= 15 is 0 Å². The molecule has 0 aliphatic heterocycles. The molecule has 0 bridgehead atoms. The van der Waals surface area contributed by atoms with Crippen LogP contribution in [0.5, 0.6) is 0 Å². The third-order valence-corrected chi connectivity index (χ3v) is 4.00. The molecule has 0 saturated carbocycles. The maximum Gasteiger partial charge on any atom is 0.337 e. The number of aryl methyl sites for hydroxylation is 1. The van der Waals surface area contributed by atoms with Crippen molar-refractivity contribution in [2.24, 2.45) is 0 Å². The van der Waals surface area contributed by atoms with Crippen LogP contribution in [0.15, 0.2) is 60.8 Å². The van der Waals surface area contributed by atoms with Gasteiger partial charge in [0.25, 0.3) is 5.91 Å². The zero-order valence-electron chi connectivity index (χ0n) is 15.6. The highest BCUT2D eigenvalue weighted by Gasteiger charge is 2.11. The zero-order valence-corrected chi connectivity index (χ0v) is 15.6. The van der Waals surface area contributed by atoms with Gasteiger partial charge in [0.05, 0.1) is 12.7 Å². The largest absolute Gasteiger partial charge is 0.465 e. The van der Waals surface area contributed by atoms with Gasteiger partial charge >= 0.3 is 5.97 Å². The third-order valence-electron chi connectivity index (χ3n) is 4.00. The molecule has 0 fully saturated rings. The minimum Gasteiger partial charge on any atom is -0.465 e. The first-order valence-corrected chi connectivity index (χ1v) is 8.67. The molecule has 0 aliphatic carbocycles. The molecule has 28 heavy (non-hydrogen) atoms. The van der Waals surface area contributed by atoms with Crippen LogP contribution >= 0.6 is 0 Å². The number of nitrogens with zero attached hydrogens (tertiary/aromatic N) is 2. The smallest absolute Gasteiger partial charge is 0.337 e. The van der Waals surface area contributed by atoms with Gasteiger partial charge in [0.1, 0.15) is 5.69 Å². The maximum atomic E-state index is 12.5. The van der Waals surface area contributed by atoms with E-state index in [1.54, 1.807) is 24.3 Å². The summed E-state index contributed by atoms with van der Waals surface area (Å²) in [6.07, 6.45) is 1.52. The lowest BCUT2D eigenvalue weighted by Gasteiger charge is -2.08.